The highest BCUT2D eigenvalue weighted by Crippen LogP contribution is 2.41. The molecule has 0 aliphatic carbocycles. The quantitative estimate of drug-likeness (QED) is 0.122. The summed E-state index contributed by atoms with van der Waals surface area (Å²) in [4.78, 5) is 38.0. The van der Waals surface area contributed by atoms with Crippen LogP contribution < -0.4 is 9.47 Å². The van der Waals surface area contributed by atoms with Crippen LogP contribution in [0.2, 0.25) is 0 Å². The average Bonchev–Trinajstić information content (AvgIpc) is 3.77. The number of esters is 2. The molecule has 0 aliphatic heterocycles. The van der Waals surface area contributed by atoms with Gasteiger partial charge >= 0.3 is 11.9 Å². The van der Waals surface area contributed by atoms with E-state index in [0.717, 1.165) is 62.7 Å². The van der Waals surface area contributed by atoms with Crippen molar-refractivity contribution in [1.29, 1.82) is 0 Å². The van der Waals surface area contributed by atoms with Gasteiger partial charge in [0.2, 0.25) is 11.8 Å². The summed E-state index contributed by atoms with van der Waals surface area (Å²) >= 11 is 0. The summed E-state index contributed by atoms with van der Waals surface area (Å²) in [5, 5.41) is 1.84. The number of nitrogens with zero attached hydrogens (tertiary/aromatic N) is 3. The Kier molecular flexibility index (Phi) is 12.9. The van der Waals surface area contributed by atoms with Crippen molar-refractivity contribution < 1.29 is 32.9 Å². The Bertz CT molecular complexity index is 2610. The van der Waals surface area contributed by atoms with Gasteiger partial charge in [0, 0.05) is 61.0 Å². The van der Waals surface area contributed by atoms with Crippen molar-refractivity contribution in [3.8, 4) is 34.0 Å². The van der Waals surface area contributed by atoms with Crippen LogP contribution in [-0.4, -0.2) is 58.9 Å². The van der Waals surface area contributed by atoms with Crippen LogP contribution in [0.15, 0.2) is 84.9 Å². The number of aromatic amines is 1. The molecule has 1 N–H and O–H groups in total. The molecule has 58 heavy (non-hydrogen) atoms. The minimum absolute atomic E-state index is 0.185. The van der Waals surface area contributed by atoms with E-state index in [2.05, 4.69) is 47.0 Å². The summed E-state index contributed by atoms with van der Waals surface area (Å²) in [6, 6.07) is 26.5. The first kappa shape index (κ1) is 41.2. The number of rotatable bonds is 12. The number of ether oxygens (including phenoxy) is 4. The fourth-order valence-electron chi connectivity index (χ4n) is 7.12. The minimum Gasteiger partial charge on any atom is -0.481 e. The topological polar surface area (TPSA) is 118 Å². The van der Waals surface area contributed by atoms with Gasteiger partial charge in [0.15, 0.2) is 0 Å². The molecule has 0 saturated carbocycles. The zero-order chi connectivity index (χ0) is 41.5. The van der Waals surface area contributed by atoms with E-state index < -0.39 is 5.97 Å². The van der Waals surface area contributed by atoms with Gasteiger partial charge in [-0.3, -0.25) is 0 Å². The SMILES string of the molecule is CCOC(=O)c1[nH]c2ccc(CC)cc2c1-c1ccc(C)nc1OC.CCOC(=O)c1c(-c2ccc(C)nc2OC)c2cc(CC)ccc2n1Cc1ccccc1F. The first-order chi connectivity index (χ1) is 28.1. The number of carbonyl (C=O) groups excluding carboxylic acids is 2. The molecule has 7 rings (SSSR count). The second kappa shape index (κ2) is 18.2. The number of hydrogen-bond acceptors (Lipinski definition) is 8. The molecule has 0 unspecified atom stereocenters. The second-order valence-corrected chi connectivity index (χ2v) is 13.7. The van der Waals surface area contributed by atoms with E-state index in [1.807, 2.05) is 60.9 Å². The molecule has 0 radical (unpaired) electrons. The van der Waals surface area contributed by atoms with E-state index in [1.165, 1.54) is 11.6 Å². The van der Waals surface area contributed by atoms with E-state index >= 15 is 0 Å². The van der Waals surface area contributed by atoms with Gasteiger partial charge in [0.25, 0.3) is 0 Å². The summed E-state index contributed by atoms with van der Waals surface area (Å²) < 4.78 is 38.2. The molecular formula is C47H49FN4O6. The van der Waals surface area contributed by atoms with Crippen molar-refractivity contribution in [3.63, 3.8) is 0 Å². The van der Waals surface area contributed by atoms with Crippen LogP contribution in [0, 0.1) is 19.7 Å². The lowest BCUT2D eigenvalue weighted by molar-refractivity contribution is 0.0508. The molecular weight excluding hydrogens is 736 g/mol. The maximum absolute atomic E-state index is 14.6. The predicted molar refractivity (Wildman–Crippen MR) is 225 cm³/mol. The van der Waals surface area contributed by atoms with Crippen molar-refractivity contribution in [2.24, 2.45) is 0 Å². The predicted octanol–water partition coefficient (Wildman–Crippen LogP) is 10.2. The maximum Gasteiger partial charge on any atom is 0.355 e. The molecule has 7 aromatic rings. The Labute approximate surface area is 338 Å². The zero-order valence-electron chi connectivity index (χ0n) is 34.3. The molecule has 0 fully saturated rings. The van der Waals surface area contributed by atoms with Gasteiger partial charge in [-0.2, -0.15) is 0 Å². The van der Waals surface area contributed by atoms with E-state index in [-0.39, 0.29) is 24.9 Å². The first-order valence-corrected chi connectivity index (χ1v) is 19.5. The monoisotopic (exact) mass is 784 g/mol. The average molecular weight is 785 g/mol. The third kappa shape index (κ3) is 8.30. The highest BCUT2D eigenvalue weighted by Gasteiger charge is 2.28. The summed E-state index contributed by atoms with van der Waals surface area (Å²) in [5.41, 5.74) is 9.86. The van der Waals surface area contributed by atoms with Gasteiger partial charge in [-0.15, -0.1) is 0 Å². The molecule has 0 bridgehead atoms. The Morgan fingerprint density at radius 2 is 1.26 bits per heavy atom. The van der Waals surface area contributed by atoms with Crippen LogP contribution in [0.3, 0.4) is 0 Å². The molecule has 3 aromatic carbocycles. The van der Waals surface area contributed by atoms with Crippen LogP contribution >= 0.6 is 0 Å². The van der Waals surface area contributed by atoms with Crippen LogP contribution in [0.5, 0.6) is 11.8 Å². The van der Waals surface area contributed by atoms with Crippen molar-refractivity contribution in [2.45, 2.75) is 60.9 Å². The molecule has 0 saturated heterocycles. The number of aromatic nitrogens is 4. The Balaban J connectivity index is 0.000000203. The minimum atomic E-state index is -0.472. The van der Waals surface area contributed by atoms with Gasteiger partial charge in [0.05, 0.1) is 34.0 Å². The fraction of sp³-hybridized carbons (Fsp3) is 0.277. The third-order valence-electron chi connectivity index (χ3n) is 9.97. The molecule has 11 heteroatoms. The molecule has 4 heterocycles. The fourth-order valence-corrected chi connectivity index (χ4v) is 7.12. The van der Waals surface area contributed by atoms with Gasteiger partial charge in [-0.05, 0) is 106 Å². The van der Waals surface area contributed by atoms with E-state index in [1.54, 1.807) is 46.3 Å². The highest BCUT2D eigenvalue weighted by atomic mass is 19.1. The number of hydrogen-bond donors (Lipinski definition) is 1. The Morgan fingerprint density at radius 3 is 1.84 bits per heavy atom. The molecule has 300 valence electrons. The lowest BCUT2D eigenvalue weighted by Gasteiger charge is -2.13. The number of halogens is 1. The molecule has 4 aromatic heterocycles. The highest BCUT2D eigenvalue weighted by molar-refractivity contribution is 6.10. The summed E-state index contributed by atoms with van der Waals surface area (Å²) in [6.45, 7) is 12.3. The molecule has 0 spiro atoms. The summed E-state index contributed by atoms with van der Waals surface area (Å²) in [6.07, 6.45) is 1.75. The van der Waals surface area contributed by atoms with E-state index in [9.17, 15) is 14.0 Å². The maximum atomic E-state index is 14.6. The van der Waals surface area contributed by atoms with Gasteiger partial charge in [0.1, 0.15) is 17.2 Å². The lowest BCUT2D eigenvalue weighted by atomic mass is 10.0. The first-order valence-electron chi connectivity index (χ1n) is 19.5. The zero-order valence-corrected chi connectivity index (χ0v) is 34.3. The van der Waals surface area contributed by atoms with Crippen LogP contribution in [-0.2, 0) is 28.9 Å². The molecule has 0 aliphatic rings. The number of methoxy groups -OCH3 is 2. The number of carbonyl (C=O) groups is 2. The lowest BCUT2D eigenvalue weighted by Crippen LogP contribution is -2.15. The van der Waals surface area contributed by atoms with Gasteiger partial charge < -0.3 is 28.5 Å². The standard InChI is InChI=1S/C27H27FN2O3.C20H22N2O3/c1-5-18-12-14-23-21(15-18)24(20-13-11-17(3)29-26(20)32-4)25(27(31)33-6-2)30(23)16-19-9-7-8-10-22(19)28;1-5-13-8-10-16-15(11-13)17(18(22-16)20(23)25-6-2)14-9-7-12(3)21-19(14)24-4/h7-15H,5-6,16H2,1-4H3;7-11,22H,5-6H2,1-4H3. The summed E-state index contributed by atoms with van der Waals surface area (Å²) in [7, 11) is 3.15. The normalized spacial score (nSPS) is 11.0. The number of fused-ring (bicyclic) bond motifs is 2. The number of aryl methyl sites for hydroxylation is 4. The van der Waals surface area contributed by atoms with Crippen LogP contribution in [0.25, 0.3) is 44.1 Å². The number of H-pyrrole nitrogens is 1. The molecule has 0 amide bonds. The molecule has 10 nitrogen and oxygen atoms in total. The van der Waals surface area contributed by atoms with Crippen molar-refractivity contribution in [1.82, 2.24) is 19.5 Å². The van der Waals surface area contributed by atoms with Crippen LogP contribution in [0.1, 0.15) is 76.8 Å². The van der Waals surface area contributed by atoms with Crippen molar-refractivity contribution in [2.75, 3.05) is 27.4 Å². The van der Waals surface area contributed by atoms with E-state index in [0.29, 0.717) is 46.4 Å². The largest absolute Gasteiger partial charge is 0.481 e. The van der Waals surface area contributed by atoms with E-state index in [4.69, 9.17) is 18.9 Å². The Morgan fingerprint density at radius 1 is 0.690 bits per heavy atom. The number of nitrogens with one attached hydrogen (secondary N) is 1. The number of benzene rings is 3. The summed E-state index contributed by atoms with van der Waals surface area (Å²) in [5.74, 6) is -0.258. The second-order valence-electron chi connectivity index (χ2n) is 13.7. The smallest absolute Gasteiger partial charge is 0.355 e. The van der Waals surface area contributed by atoms with Gasteiger partial charge in [-0.25, -0.2) is 23.9 Å². The Hall–Kier alpha value is -6.49. The van der Waals surface area contributed by atoms with Gasteiger partial charge in [-0.1, -0.05) is 44.2 Å². The van der Waals surface area contributed by atoms with Crippen LogP contribution in [0.4, 0.5) is 4.39 Å². The van der Waals surface area contributed by atoms with Crippen molar-refractivity contribution >= 4 is 33.7 Å². The number of pyridine rings is 2. The molecule has 0 atom stereocenters. The third-order valence-corrected chi connectivity index (χ3v) is 9.97. The van der Waals surface area contributed by atoms with Crippen molar-refractivity contribution in [3.05, 3.63) is 130 Å².